The molecule has 6 heteroatoms. The van der Waals surface area contributed by atoms with Crippen molar-refractivity contribution in [3.05, 3.63) is 0 Å². The van der Waals surface area contributed by atoms with Crippen molar-refractivity contribution in [1.82, 2.24) is 15.1 Å². The van der Waals surface area contributed by atoms with Crippen LogP contribution in [-0.4, -0.2) is 73.1 Å². The highest BCUT2D eigenvalue weighted by Crippen LogP contribution is 2.17. The molecule has 0 unspecified atom stereocenters. The monoisotopic (exact) mass is 285 g/mol. The van der Waals surface area contributed by atoms with Gasteiger partial charge in [-0.1, -0.05) is 19.3 Å². The average Bonchev–Trinajstić information content (AvgIpc) is 2.36. The Kier molecular flexibility index (Phi) is 7.54. The van der Waals surface area contributed by atoms with Gasteiger partial charge in [0, 0.05) is 19.1 Å². The predicted octanol–water partition coefficient (Wildman–Crippen LogP) is 0.384. The Bertz CT molecular complexity index is 315. The number of carbonyl (C=O) groups excluding carboxylic acids is 1. The first kappa shape index (κ1) is 16.9. The minimum Gasteiger partial charge on any atom is -0.480 e. The zero-order valence-electron chi connectivity index (χ0n) is 12.6. The second-order valence-electron chi connectivity index (χ2n) is 5.81. The van der Waals surface area contributed by atoms with Gasteiger partial charge >= 0.3 is 5.97 Å². The Morgan fingerprint density at radius 3 is 2.30 bits per heavy atom. The molecule has 0 radical (unpaired) electrons. The summed E-state index contributed by atoms with van der Waals surface area (Å²) in [7, 11) is 3.86. The lowest BCUT2D eigenvalue weighted by atomic mass is 9.95. The van der Waals surface area contributed by atoms with Crippen LogP contribution in [0.25, 0.3) is 0 Å². The highest BCUT2D eigenvalue weighted by molar-refractivity contribution is 5.79. The van der Waals surface area contributed by atoms with E-state index in [0.29, 0.717) is 6.54 Å². The molecule has 0 aromatic carbocycles. The van der Waals surface area contributed by atoms with E-state index in [0.717, 1.165) is 19.4 Å². The number of aliphatic carboxylic acids is 1. The number of rotatable bonds is 8. The van der Waals surface area contributed by atoms with Crippen LogP contribution >= 0.6 is 0 Å². The maximum Gasteiger partial charge on any atom is 0.317 e. The molecule has 1 fully saturated rings. The number of carboxylic acid groups (broad SMARTS) is 1. The molecule has 1 aliphatic rings. The largest absolute Gasteiger partial charge is 0.480 e. The van der Waals surface area contributed by atoms with Gasteiger partial charge in [0.15, 0.2) is 0 Å². The molecule has 0 aromatic heterocycles. The summed E-state index contributed by atoms with van der Waals surface area (Å²) < 4.78 is 0. The SMILES string of the molecule is CN(C)CCN(CC(=O)O)CC(=O)NC1CCCCC1. The quantitative estimate of drug-likeness (QED) is 0.675. The number of nitrogens with zero attached hydrogens (tertiary/aromatic N) is 2. The third-order valence-electron chi connectivity index (χ3n) is 3.56. The summed E-state index contributed by atoms with van der Waals surface area (Å²) in [6, 6.07) is 0.275. The van der Waals surface area contributed by atoms with Crippen LogP contribution in [0.2, 0.25) is 0 Å². The Morgan fingerprint density at radius 2 is 1.75 bits per heavy atom. The van der Waals surface area contributed by atoms with Crippen molar-refractivity contribution in [2.45, 2.75) is 38.1 Å². The van der Waals surface area contributed by atoms with Gasteiger partial charge in [0.2, 0.25) is 5.91 Å². The van der Waals surface area contributed by atoms with Crippen LogP contribution in [0.3, 0.4) is 0 Å². The summed E-state index contributed by atoms with van der Waals surface area (Å²) in [6.07, 6.45) is 5.68. The number of hydrogen-bond acceptors (Lipinski definition) is 4. The first-order valence-corrected chi connectivity index (χ1v) is 7.35. The van der Waals surface area contributed by atoms with E-state index in [1.54, 1.807) is 4.90 Å². The molecule has 1 rings (SSSR count). The fourth-order valence-electron chi connectivity index (χ4n) is 2.47. The van der Waals surface area contributed by atoms with Gasteiger partial charge in [0.05, 0.1) is 13.1 Å². The molecule has 0 bridgehead atoms. The summed E-state index contributed by atoms with van der Waals surface area (Å²) in [5, 5.41) is 11.9. The van der Waals surface area contributed by atoms with Gasteiger partial charge in [-0.3, -0.25) is 14.5 Å². The van der Waals surface area contributed by atoms with Crippen LogP contribution in [0.15, 0.2) is 0 Å². The van der Waals surface area contributed by atoms with Crippen LogP contribution in [0.5, 0.6) is 0 Å². The van der Waals surface area contributed by atoms with E-state index in [-0.39, 0.29) is 25.0 Å². The number of carboxylic acids is 1. The predicted molar refractivity (Wildman–Crippen MR) is 77.6 cm³/mol. The Hall–Kier alpha value is -1.14. The lowest BCUT2D eigenvalue weighted by molar-refractivity contribution is -0.138. The van der Waals surface area contributed by atoms with Gasteiger partial charge in [-0.05, 0) is 26.9 Å². The first-order valence-electron chi connectivity index (χ1n) is 7.35. The second-order valence-corrected chi connectivity index (χ2v) is 5.81. The van der Waals surface area contributed by atoms with E-state index >= 15 is 0 Å². The van der Waals surface area contributed by atoms with E-state index in [4.69, 9.17) is 5.11 Å². The van der Waals surface area contributed by atoms with Crippen molar-refractivity contribution in [2.24, 2.45) is 0 Å². The summed E-state index contributed by atoms with van der Waals surface area (Å²) >= 11 is 0. The minimum atomic E-state index is -0.894. The van der Waals surface area contributed by atoms with E-state index in [2.05, 4.69) is 5.32 Å². The second kappa shape index (κ2) is 8.92. The lowest BCUT2D eigenvalue weighted by Crippen LogP contribution is -2.45. The molecule has 20 heavy (non-hydrogen) atoms. The van der Waals surface area contributed by atoms with Gasteiger partial charge in [-0.25, -0.2) is 0 Å². The van der Waals surface area contributed by atoms with Crippen molar-refractivity contribution >= 4 is 11.9 Å². The maximum atomic E-state index is 12.0. The van der Waals surface area contributed by atoms with Gasteiger partial charge in [-0.15, -0.1) is 0 Å². The Balaban J connectivity index is 2.37. The molecule has 0 atom stereocenters. The number of carbonyl (C=O) groups is 2. The molecule has 1 amide bonds. The van der Waals surface area contributed by atoms with Gasteiger partial charge in [0.1, 0.15) is 0 Å². The zero-order valence-corrected chi connectivity index (χ0v) is 12.6. The highest BCUT2D eigenvalue weighted by atomic mass is 16.4. The van der Waals surface area contributed by atoms with E-state index in [9.17, 15) is 9.59 Å². The molecular formula is C14H27N3O3. The Labute approximate surface area is 121 Å². The van der Waals surface area contributed by atoms with Gasteiger partial charge in [0.25, 0.3) is 0 Å². The molecule has 0 spiro atoms. The molecule has 1 saturated carbocycles. The summed E-state index contributed by atoms with van der Waals surface area (Å²) in [5.74, 6) is -0.953. The van der Waals surface area contributed by atoms with Crippen LogP contribution in [0.1, 0.15) is 32.1 Å². The lowest BCUT2D eigenvalue weighted by Gasteiger charge is -2.26. The summed E-state index contributed by atoms with van der Waals surface area (Å²) in [4.78, 5) is 26.5. The summed E-state index contributed by atoms with van der Waals surface area (Å²) in [5.41, 5.74) is 0. The van der Waals surface area contributed by atoms with Crippen LogP contribution in [0.4, 0.5) is 0 Å². The molecule has 0 saturated heterocycles. The van der Waals surface area contributed by atoms with Gasteiger partial charge in [-0.2, -0.15) is 0 Å². The molecule has 0 aromatic rings. The molecule has 2 N–H and O–H groups in total. The fourth-order valence-corrected chi connectivity index (χ4v) is 2.47. The number of amides is 1. The van der Waals surface area contributed by atoms with Crippen LogP contribution < -0.4 is 5.32 Å². The van der Waals surface area contributed by atoms with Crippen molar-refractivity contribution < 1.29 is 14.7 Å². The van der Waals surface area contributed by atoms with Crippen LogP contribution in [0, 0.1) is 0 Å². The number of nitrogens with one attached hydrogen (secondary N) is 1. The third-order valence-corrected chi connectivity index (χ3v) is 3.56. The molecule has 116 valence electrons. The molecule has 0 aliphatic heterocycles. The minimum absolute atomic E-state index is 0.0584. The zero-order chi connectivity index (χ0) is 15.0. The molecule has 0 heterocycles. The summed E-state index contributed by atoms with van der Waals surface area (Å²) in [6.45, 7) is 1.39. The standard InChI is InChI=1S/C14H27N3O3/c1-16(2)8-9-17(11-14(19)20)10-13(18)15-12-6-4-3-5-7-12/h12H,3-11H2,1-2H3,(H,15,18)(H,19,20). The number of likely N-dealkylation sites (N-methyl/N-ethyl adjacent to an activating group) is 1. The smallest absolute Gasteiger partial charge is 0.317 e. The highest BCUT2D eigenvalue weighted by Gasteiger charge is 2.18. The maximum absolute atomic E-state index is 12.0. The topological polar surface area (TPSA) is 72.9 Å². The van der Waals surface area contributed by atoms with Crippen molar-refractivity contribution in [3.8, 4) is 0 Å². The van der Waals surface area contributed by atoms with Crippen molar-refractivity contribution in [3.63, 3.8) is 0 Å². The molecule has 1 aliphatic carbocycles. The Morgan fingerprint density at radius 1 is 1.10 bits per heavy atom. The van der Waals surface area contributed by atoms with Crippen molar-refractivity contribution in [1.29, 1.82) is 0 Å². The first-order chi connectivity index (χ1) is 9.47. The van der Waals surface area contributed by atoms with E-state index in [1.165, 1.54) is 19.3 Å². The normalized spacial score (nSPS) is 16.6. The average molecular weight is 285 g/mol. The fraction of sp³-hybridized carbons (Fsp3) is 0.857. The van der Waals surface area contributed by atoms with Crippen molar-refractivity contribution in [2.75, 3.05) is 40.3 Å². The van der Waals surface area contributed by atoms with E-state index in [1.807, 2.05) is 19.0 Å². The molecular weight excluding hydrogens is 258 g/mol. The van der Waals surface area contributed by atoms with Crippen LogP contribution in [-0.2, 0) is 9.59 Å². The molecule has 6 nitrogen and oxygen atoms in total. The van der Waals surface area contributed by atoms with E-state index < -0.39 is 5.97 Å². The third kappa shape index (κ3) is 7.45. The van der Waals surface area contributed by atoms with Gasteiger partial charge < -0.3 is 15.3 Å². The number of hydrogen-bond donors (Lipinski definition) is 2.